The summed E-state index contributed by atoms with van der Waals surface area (Å²) in [5.41, 5.74) is 3.63. The lowest BCUT2D eigenvalue weighted by Gasteiger charge is -2.00. The SMILES string of the molecule is Cn1c(C2CC2)nc2cc(CCCl)ccc21. The van der Waals surface area contributed by atoms with Crippen LogP contribution in [-0.2, 0) is 13.5 Å². The number of hydrogen-bond acceptors (Lipinski definition) is 1. The van der Waals surface area contributed by atoms with Crippen molar-refractivity contribution < 1.29 is 0 Å². The molecule has 0 amide bonds. The Hall–Kier alpha value is -1.02. The van der Waals surface area contributed by atoms with Crippen LogP contribution in [-0.4, -0.2) is 15.4 Å². The molecule has 1 aliphatic rings. The molecular weight excluding hydrogens is 220 g/mol. The van der Waals surface area contributed by atoms with Gasteiger partial charge in [0.2, 0.25) is 0 Å². The van der Waals surface area contributed by atoms with Crippen molar-refractivity contribution >= 4 is 22.6 Å². The summed E-state index contributed by atoms with van der Waals surface area (Å²) >= 11 is 5.76. The zero-order valence-electron chi connectivity index (χ0n) is 9.41. The molecule has 3 rings (SSSR count). The molecule has 3 heteroatoms. The topological polar surface area (TPSA) is 17.8 Å². The van der Waals surface area contributed by atoms with Gasteiger partial charge in [0.15, 0.2) is 0 Å². The van der Waals surface area contributed by atoms with Crippen LogP contribution >= 0.6 is 11.6 Å². The summed E-state index contributed by atoms with van der Waals surface area (Å²) in [6.45, 7) is 0. The Morgan fingerprint density at radius 2 is 2.25 bits per heavy atom. The lowest BCUT2D eigenvalue weighted by molar-refractivity contribution is 0.820. The van der Waals surface area contributed by atoms with Gasteiger partial charge in [0.25, 0.3) is 0 Å². The molecule has 0 atom stereocenters. The van der Waals surface area contributed by atoms with Gasteiger partial charge in [-0.1, -0.05) is 6.07 Å². The number of nitrogens with zero attached hydrogens (tertiary/aromatic N) is 2. The average Bonchev–Trinajstić information content (AvgIpc) is 3.06. The molecule has 0 aliphatic heterocycles. The van der Waals surface area contributed by atoms with E-state index in [1.807, 2.05) is 0 Å². The predicted octanol–water partition coefficient (Wildman–Crippen LogP) is 3.23. The Balaban J connectivity index is 2.09. The molecule has 1 fully saturated rings. The average molecular weight is 235 g/mol. The van der Waals surface area contributed by atoms with Crippen LogP contribution in [0.2, 0.25) is 0 Å². The highest BCUT2D eigenvalue weighted by Gasteiger charge is 2.28. The molecule has 1 heterocycles. The number of halogens is 1. The first-order valence-electron chi connectivity index (χ1n) is 5.81. The monoisotopic (exact) mass is 234 g/mol. The van der Waals surface area contributed by atoms with E-state index in [4.69, 9.17) is 16.6 Å². The maximum Gasteiger partial charge on any atom is 0.112 e. The van der Waals surface area contributed by atoms with E-state index in [0.717, 1.165) is 11.9 Å². The van der Waals surface area contributed by atoms with Crippen LogP contribution in [0.5, 0.6) is 0 Å². The van der Waals surface area contributed by atoms with E-state index in [1.54, 1.807) is 0 Å². The fraction of sp³-hybridized carbons (Fsp3) is 0.462. The number of aromatic nitrogens is 2. The van der Waals surface area contributed by atoms with Crippen molar-refractivity contribution in [1.82, 2.24) is 9.55 Å². The quantitative estimate of drug-likeness (QED) is 0.746. The second-order valence-electron chi connectivity index (χ2n) is 4.57. The molecule has 0 saturated heterocycles. The minimum Gasteiger partial charge on any atom is -0.331 e. The Bertz CT molecular complexity index is 526. The second kappa shape index (κ2) is 3.77. The van der Waals surface area contributed by atoms with Crippen molar-refractivity contribution in [1.29, 1.82) is 0 Å². The van der Waals surface area contributed by atoms with Crippen molar-refractivity contribution in [2.45, 2.75) is 25.2 Å². The highest BCUT2D eigenvalue weighted by Crippen LogP contribution is 2.40. The van der Waals surface area contributed by atoms with Gasteiger partial charge < -0.3 is 4.57 Å². The van der Waals surface area contributed by atoms with E-state index < -0.39 is 0 Å². The highest BCUT2D eigenvalue weighted by atomic mass is 35.5. The maximum absolute atomic E-state index is 5.76. The van der Waals surface area contributed by atoms with Gasteiger partial charge in [-0.05, 0) is 37.0 Å². The molecular formula is C13H15ClN2. The van der Waals surface area contributed by atoms with E-state index in [0.29, 0.717) is 11.8 Å². The van der Waals surface area contributed by atoms with E-state index in [9.17, 15) is 0 Å². The number of rotatable bonds is 3. The maximum atomic E-state index is 5.76. The van der Waals surface area contributed by atoms with Crippen LogP contribution in [0.25, 0.3) is 11.0 Å². The molecule has 0 spiro atoms. The molecule has 1 aromatic heterocycles. The third-order valence-corrected chi connectivity index (χ3v) is 3.49. The van der Waals surface area contributed by atoms with Gasteiger partial charge in [-0.2, -0.15) is 0 Å². The minimum atomic E-state index is 0.674. The molecule has 0 N–H and O–H groups in total. The van der Waals surface area contributed by atoms with E-state index >= 15 is 0 Å². The summed E-state index contributed by atoms with van der Waals surface area (Å²) in [4.78, 5) is 4.74. The van der Waals surface area contributed by atoms with Gasteiger partial charge in [0.05, 0.1) is 11.0 Å². The molecule has 2 aromatic rings. The Morgan fingerprint density at radius 3 is 2.94 bits per heavy atom. The van der Waals surface area contributed by atoms with Gasteiger partial charge in [-0.3, -0.25) is 0 Å². The van der Waals surface area contributed by atoms with Gasteiger partial charge in [-0.15, -0.1) is 11.6 Å². The van der Waals surface area contributed by atoms with Gasteiger partial charge in [-0.25, -0.2) is 4.98 Å². The molecule has 0 radical (unpaired) electrons. The fourth-order valence-electron chi connectivity index (χ4n) is 2.24. The lowest BCUT2D eigenvalue weighted by atomic mass is 10.1. The third kappa shape index (κ3) is 1.61. The Morgan fingerprint density at radius 1 is 1.44 bits per heavy atom. The molecule has 0 bridgehead atoms. The highest BCUT2D eigenvalue weighted by molar-refractivity contribution is 6.18. The van der Waals surface area contributed by atoms with Crippen LogP contribution in [0.1, 0.15) is 30.1 Å². The summed E-state index contributed by atoms with van der Waals surface area (Å²) in [5, 5.41) is 0. The first kappa shape index (κ1) is 10.2. The standard InChI is InChI=1S/C13H15ClN2/c1-16-12-5-2-9(6-7-14)8-11(12)15-13(16)10-3-4-10/h2,5,8,10H,3-4,6-7H2,1H3. The summed E-state index contributed by atoms with van der Waals surface area (Å²) in [5.74, 6) is 2.63. The summed E-state index contributed by atoms with van der Waals surface area (Å²) in [7, 11) is 2.12. The van der Waals surface area contributed by atoms with E-state index in [-0.39, 0.29) is 0 Å². The number of benzene rings is 1. The van der Waals surface area contributed by atoms with Crippen molar-refractivity contribution in [2.75, 3.05) is 5.88 Å². The Kier molecular flexibility index (Phi) is 2.40. The number of fused-ring (bicyclic) bond motifs is 1. The fourth-order valence-corrected chi connectivity index (χ4v) is 2.45. The second-order valence-corrected chi connectivity index (χ2v) is 4.94. The summed E-state index contributed by atoms with van der Waals surface area (Å²) < 4.78 is 2.23. The van der Waals surface area contributed by atoms with Crippen LogP contribution in [0.3, 0.4) is 0 Å². The largest absolute Gasteiger partial charge is 0.331 e. The van der Waals surface area contributed by atoms with Crippen LogP contribution in [0.4, 0.5) is 0 Å². The normalized spacial score (nSPS) is 15.9. The molecule has 1 aromatic carbocycles. The first-order valence-corrected chi connectivity index (χ1v) is 6.34. The smallest absolute Gasteiger partial charge is 0.112 e. The van der Waals surface area contributed by atoms with E-state index in [2.05, 4.69) is 29.8 Å². The molecule has 84 valence electrons. The van der Waals surface area contributed by atoms with Crippen molar-refractivity contribution in [2.24, 2.45) is 7.05 Å². The number of hydrogen-bond donors (Lipinski definition) is 0. The minimum absolute atomic E-state index is 0.674. The van der Waals surface area contributed by atoms with Crippen molar-refractivity contribution in [3.05, 3.63) is 29.6 Å². The molecule has 1 aliphatic carbocycles. The van der Waals surface area contributed by atoms with Gasteiger partial charge in [0.1, 0.15) is 5.82 Å². The Labute approximate surface area is 100 Å². The van der Waals surface area contributed by atoms with Crippen LogP contribution in [0, 0.1) is 0 Å². The summed E-state index contributed by atoms with van der Waals surface area (Å²) in [6, 6.07) is 6.49. The molecule has 0 unspecified atom stereocenters. The van der Waals surface area contributed by atoms with Crippen LogP contribution < -0.4 is 0 Å². The van der Waals surface area contributed by atoms with Crippen LogP contribution in [0.15, 0.2) is 18.2 Å². The number of imidazole rings is 1. The van der Waals surface area contributed by atoms with Crippen molar-refractivity contribution in [3.8, 4) is 0 Å². The summed E-state index contributed by atoms with van der Waals surface area (Å²) in [6.07, 6.45) is 3.52. The number of alkyl halides is 1. The number of aryl methyl sites for hydroxylation is 2. The lowest BCUT2D eigenvalue weighted by Crippen LogP contribution is -1.94. The first-order chi connectivity index (χ1) is 7.79. The van der Waals surface area contributed by atoms with Crippen molar-refractivity contribution in [3.63, 3.8) is 0 Å². The predicted molar refractivity (Wildman–Crippen MR) is 67.1 cm³/mol. The molecule has 1 saturated carbocycles. The molecule has 2 nitrogen and oxygen atoms in total. The van der Waals surface area contributed by atoms with Gasteiger partial charge >= 0.3 is 0 Å². The van der Waals surface area contributed by atoms with Gasteiger partial charge in [0, 0.05) is 18.8 Å². The zero-order valence-corrected chi connectivity index (χ0v) is 10.2. The van der Waals surface area contributed by atoms with E-state index in [1.165, 1.54) is 29.7 Å². The zero-order chi connectivity index (χ0) is 11.1. The third-order valence-electron chi connectivity index (χ3n) is 3.31. The molecule has 16 heavy (non-hydrogen) atoms.